The molecule has 0 unspecified atom stereocenters. The van der Waals surface area contributed by atoms with Crippen molar-refractivity contribution in [2.45, 2.75) is 45.7 Å². The van der Waals surface area contributed by atoms with Crippen LogP contribution in [0.3, 0.4) is 0 Å². The molecule has 1 aliphatic rings. The van der Waals surface area contributed by atoms with Gasteiger partial charge in [-0.3, -0.25) is 9.69 Å². The van der Waals surface area contributed by atoms with E-state index in [-0.39, 0.29) is 23.7 Å². The van der Waals surface area contributed by atoms with Crippen molar-refractivity contribution in [3.63, 3.8) is 0 Å². The van der Waals surface area contributed by atoms with Crippen LogP contribution in [0.15, 0.2) is 48.5 Å². The first-order chi connectivity index (χ1) is 13.0. The van der Waals surface area contributed by atoms with Gasteiger partial charge in [-0.1, -0.05) is 43.3 Å². The van der Waals surface area contributed by atoms with Crippen molar-refractivity contribution in [3.8, 4) is 0 Å². The summed E-state index contributed by atoms with van der Waals surface area (Å²) in [5.74, 6) is -0.0713. The molecular formula is C23H29FN2O. The van der Waals surface area contributed by atoms with E-state index in [1.54, 1.807) is 0 Å². The van der Waals surface area contributed by atoms with Crippen LogP contribution in [0.25, 0.3) is 0 Å². The van der Waals surface area contributed by atoms with Gasteiger partial charge in [-0.15, -0.1) is 0 Å². The molecule has 1 saturated heterocycles. The number of amides is 1. The highest BCUT2D eigenvalue weighted by molar-refractivity contribution is 5.79. The van der Waals surface area contributed by atoms with Crippen molar-refractivity contribution < 1.29 is 9.18 Å². The molecule has 0 aromatic heterocycles. The van der Waals surface area contributed by atoms with Gasteiger partial charge in [0, 0.05) is 13.1 Å². The molecule has 3 nitrogen and oxygen atoms in total. The van der Waals surface area contributed by atoms with Crippen LogP contribution >= 0.6 is 0 Å². The number of halogens is 1. The molecule has 27 heavy (non-hydrogen) atoms. The maximum absolute atomic E-state index is 13.1. The van der Waals surface area contributed by atoms with Gasteiger partial charge in [-0.2, -0.15) is 0 Å². The van der Waals surface area contributed by atoms with E-state index in [4.69, 9.17) is 0 Å². The topological polar surface area (TPSA) is 32.3 Å². The molecular weight excluding hydrogens is 339 g/mol. The summed E-state index contributed by atoms with van der Waals surface area (Å²) in [6.07, 6.45) is 2.96. The lowest BCUT2D eigenvalue weighted by Gasteiger charge is -2.32. The van der Waals surface area contributed by atoms with Gasteiger partial charge in [0.25, 0.3) is 0 Å². The van der Waals surface area contributed by atoms with Gasteiger partial charge in [-0.25, -0.2) is 4.39 Å². The molecule has 0 radical (unpaired) electrons. The summed E-state index contributed by atoms with van der Waals surface area (Å²) < 4.78 is 13.1. The van der Waals surface area contributed by atoms with E-state index in [0.29, 0.717) is 0 Å². The highest BCUT2D eigenvalue weighted by atomic mass is 19.1. The molecule has 144 valence electrons. The third-order valence-corrected chi connectivity index (χ3v) is 5.44. The molecule has 1 amide bonds. The van der Waals surface area contributed by atoms with E-state index < -0.39 is 0 Å². The number of piperidine rings is 1. The second-order valence-corrected chi connectivity index (χ2v) is 7.53. The molecule has 0 aliphatic carbocycles. The number of hydrogen-bond acceptors (Lipinski definition) is 2. The predicted molar refractivity (Wildman–Crippen MR) is 107 cm³/mol. The van der Waals surface area contributed by atoms with Gasteiger partial charge in [0.1, 0.15) is 5.82 Å². The number of hydrogen-bond donors (Lipinski definition) is 1. The number of benzene rings is 2. The maximum atomic E-state index is 13.1. The Kier molecular flexibility index (Phi) is 6.62. The quantitative estimate of drug-likeness (QED) is 0.815. The lowest BCUT2D eigenvalue weighted by molar-refractivity contribution is -0.127. The zero-order chi connectivity index (χ0) is 19.2. The van der Waals surface area contributed by atoms with Crippen LogP contribution in [0, 0.1) is 11.7 Å². The average molecular weight is 368 g/mol. The number of likely N-dealkylation sites (tertiary alicyclic amines) is 1. The highest BCUT2D eigenvalue weighted by Crippen LogP contribution is 2.21. The Morgan fingerprint density at radius 2 is 1.81 bits per heavy atom. The Morgan fingerprint density at radius 3 is 2.48 bits per heavy atom. The Bertz CT molecular complexity index is 742. The third-order valence-electron chi connectivity index (χ3n) is 5.44. The second kappa shape index (κ2) is 9.14. The summed E-state index contributed by atoms with van der Waals surface area (Å²) in [6, 6.07) is 15.1. The molecule has 1 aliphatic heterocycles. The van der Waals surface area contributed by atoms with Gasteiger partial charge < -0.3 is 5.32 Å². The van der Waals surface area contributed by atoms with E-state index in [9.17, 15) is 9.18 Å². The molecule has 0 spiro atoms. The summed E-state index contributed by atoms with van der Waals surface area (Å²) in [5, 5.41) is 3.18. The van der Waals surface area contributed by atoms with E-state index in [1.165, 1.54) is 17.7 Å². The fourth-order valence-electron chi connectivity index (χ4n) is 3.72. The van der Waals surface area contributed by atoms with Gasteiger partial charge in [-0.05, 0) is 61.6 Å². The summed E-state index contributed by atoms with van der Waals surface area (Å²) in [6.45, 7) is 6.68. The van der Waals surface area contributed by atoms with Crippen molar-refractivity contribution in [1.29, 1.82) is 0 Å². The minimum atomic E-state index is -0.212. The van der Waals surface area contributed by atoms with Crippen molar-refractivity contribution in [2.75, 3.05) is 13.1 Å². The lowest BCUT2D eigenvalue weighted by Crippen LogP contribution is -2.43. The molecule has 4 heteroatoms. The highest BCUT2D eigenvalue weighted by Gasteiger charge is 2.26. The van der Waals surface area contributed by atoms with Gasteiger partial charge in [0.15, 0.2) is 0 Å². The number of carbonyl (C=O) groups excluding carboxylic acids is 1. The molecule has 2 atom stereocenters. The van der Waals surface area contributed by atoms with Crippen LogP contribution in [0.1, 0.15) is 49.4 Å². The zero-order valence-electron chi connectivity index (χ0n) is 16.2. The average Bonchev–Trinajstić information content (AvgIpc) is 2.70. The fraction of sp³-hybridized carbons (Fsp3) is 0.435. The molecule has 0 saturated carbocycles. The van der Waals surface area contributed by atoms with Crippen molar-refractivity contribution in [1.82, 2.24) is 10.2 Å². The Morgan fingerprint density at radius 1 is 1.15 bits per heavy atom. The van der Waals surface area contributed by atoms with Crippen LogP contribution in [-0.2, 0) is 17.8 Å². The Hall–Kier alpha value is -2.20. The standard InChI is InChI=1S/C23H29FN2O/c1-3-18-6-10-20(11-7-18)17(2)25-23(27)21-5-4-14-26(16-21)15-19-8-12-22(24)13-9-19/h6-13,17,21H,3-5,14-16H2,1-2H3,(H,25,27)/t17-,21+/m0/s1. The Labute approximate surface area is 161 Å². The minimum absolute atomic E-state index is 0.0101. The van der Waals surface area contributed by atoms with E-state index >= 15 is 0 Å². The third kappa shape index (κ3) is 5.39. The first-order valence-electron chi connectivity index (χ1n) is 9.91. The number of aryl methyl sites for hydroxylation is 1. The summed E-state index contributed by atoms with van der Waals surface area (Å²) in [4.78, 5) is 15.1. The van der Waals surface area contributed by atoms with Crippen molar-refractivity contribution in [2.24, 2.45) is 5.92 Å². The minimum Gasteiger partial charge on any atom is -0.349 e. The van der Waals surface area contributed by atoms with Gasteiger partial charge >= 0.3 is 0 Å². The normalized spacial score (nSPS) is 18.9. The molecule has 2 aromatic carbocycles. The molecule has 1 heterocycles. The van der Waals surface area contributed by atoms with Crippen molar-refractivity contribution in [3.05, 3.63) is 71.0 Å². The monoisotopic (exact) mass is 368 g/mol. The first-order valence-corrected chi connectivity index (χ1v) is 9.91. The maximum Gasteiger partial charge on any atom is 0.224 e. The number of carbonyl (C=O) groups is 1. The summed E-state index contributed by atoms with van der Waals surface area (Å²) in [7, 11) is 0. The predicted octanol–water partition coefficient (Wildman–Crippen LogP) is 4.48. The van der Waals surface area contributed by atoms with Gasteiger partial charge in [0.05, 0.1) is 12.0 Å². The molecule has 1 fully saturated rings. The van der Waals surface area contributed by atoms with E-state index in [1.807, 2.05) is 19.1 Å². The second-order valence-electron chi connectivity index (χ2n) is 7.53. The van der Waals surface area contributed by atoms with Gasteiger partial charge in [0.2, 0.25) is 5.91 Å². The van der Waals surface area contributed by atoms with Crippen LogP contribution in [-0.4, -0.2) is 23.9 Å². The SMILES string of the molecule is CCc1ccc([C@H](C)NC(=O)[C@@H]2CCCN(Cc3ccc(F)cc3)C2)cc1. The number of nitrogens with one attached hydrogen (secondary N) is 1. The van der Waals surface area contributed by atoms with Crippen molar-refractivity contribution >= 4 is 5.91 Å². The van der Waals surface area contributed by atoms with E-state index in [0.717, 1.165) is 50.0 Å². The number of nitrogens with zero attached hydrogens (tertiary/aromatic N) is 1. The smallest absolute Gasteiger partial charge is 0.224 e. The van der Waals surface area contributed by atoms with E-state index in [2.05, 4.69) is 41.4 Å². The van der Waals surface area contributed by atoms with Crippen LogP contribution in [0.2, 0.25) is 0 Å². The molecule has 3 rings (SSSR count). The summed E-state index contributed by atoms with van der Waals surface area (Å²) in [5.41, 5.74) is 3.53. The lowest BCUT2D eigenvalue weighted by atomic mass is 9.95. The first kappa shape index (κ1) is 19.6. The van der Waals surface area contributed by atoms with Crippen LogP contribution in [0.5, 0.6) is 0 Å². The molecule has 2 aromatic rings. The largest absolute Gasteiger partial charge is 0.349 e. The van der Waals surface area contributed by atoms with Crippen LogP contribution in [0.4, 0.5) is 4.39 Å². The van der Waals surface area contributed by atoms with Crippen LogP contribution < -0.4 is 5.32 Å². The Balaban J connectivity index is 1.54. The zero-order valence-corrected chi connectivity index (χ0v) is 16.2. The number of rotatable bonds is 6. The molecule has 0 bridgehead atoms. The molecule has 1 N–H and O–H groups in total. The summed E-state index contributed by atoms with van der Waals surface area (Å²) >= 11 is 0. The fourth-order valence-corrected chi connectivity index (χ4v) is 3.72.